The van der Waals surface area contributed by atoms with Crippen molar-refractivity contribution in [1.29, 1.82) is 0 Å². The fourth-order valence-electron chi connectivity index (χ4n) is 8.04. The zero-order valence-electron chi connectivity index (χ0n) is 30.2. The van der Waals surface area contributed by atoms with Crippen molar-refractivity contribution in [2.75, 3.05) is 20.6 Å². The highest BCUT2D eigenvalue weighted by molar-refractivity contribution is 5.78. The first-order valence-corrected chi connectivity index (χ1v) is 18.2. The van der Waals surface area contributed by atoms with Crippen LogP contribution in [0.2, 0.25) is 0 Å². The van der Waals surface area contributed by atoms with Gasteiger partial charge in [0.05, 0.1) is 35.9 Å². The van der Waals surface area contributed by atoms with E-state index in [1.54, 1.807) is 0 Å². The fourth-order valence-corrected chi connectivity index (χ4v) is 8.04. The van der Waals surface area contributed by atoms with Gasteiger partial charge in [0.1, 0.15) is 17.9 Å². The Morgan fingerprint density at radius 3 is 2.12 bits per heavy atom. The third kappa shape index (κ3) is 6.67. The molecule has 1 amide bonds. The SMILES string of the molecule is CCCC(=O)N1C2CC2C[C@H]1c1ncc(-c2ccc(C#Cc3ccc(-c4cnc([C@@H]5CC(N(C)C(C)CC=O)CN5C)[nH]4)cc3C)c(C)c2)[nH]1. The molecule has 0 spiro atoms. The van der Waals surface area contributed by atoms with Gasteiger partial charge in [0.25, 0.3) is 0 Å². The molecule has 2 N–H and O–H groups in total. The molecule has 2 aromatic heterocycles. The number of imidazole rings is 2. The van der Waals surface area contributed by atoms with Crippen molar-refractivity contribution < 1.29 is 9.59 Å². The summed E-state index contributed by atoms with van der Waals surface area (Å²) in [7, 11) is 4.27. The van der Waals surface area contributed by atoms with Crippen molar-refractivity contribution in [3.8, 4) is 34.4 Å². The third-order valence-electron chi connectivity index (χ3n) is 11.3. The van der Waals surface area contributed by atoms with Crippen molar-refractivity contribution >= 4 is 12.2 Å². The quantitative estimate of drug-likeness (QED) is 0.146. The lowest BCUT2D eigenvalue weighted by molar-refractivity contribution is -0.133. The Balaban J connectivity index is 1.01. The maximum Gasteiger partial charge on any atom is 0.223 e. The smallest absolute Gasteiger partial charge is 0.223 e. The highest BCUT2D eigenvalue weighted by atomic mass is 16.2. The van der Waals surface area contributed by atoms with Gasteiger partial charge >= 0.3 is 0 Å². The number of nitrogens with zero attached hydrogens (tertiary/aromatic N) is 5. The minimum Gasteiger partial charge on any atom is -0.341 e. The van der Waals surface area contributed by atoms with Gasteiger partial charge in [-0.3, -0.25) is 14.6 Å². The van der Waals surface area contributed by atoms with Crippen LogP contribution in [0.3, 0.4) is 0 Å². The zero-order chi connectivity index (χ0) is 35.1. The molecule has 4 unspecified atom stereocenters. The van der Waals surface area contributed by atoms with Crippen LogP contribution in [0.4, 0.5) is 0 Å². The van der Waals surface area contributed by atoms with Crippen molar-refractivity contribution in [3.63, 3.8) is 0 Å². The molecule has 0 bridgehead atoms. The first kappa shape index (κ1) is 34.0. The largest absolute Gasteiger partial charge is 0.341 e. The number of aromatic nitrogens is 4. The van der Waals surface area contributed by atoms with E-state index in [4.69, 9.17) is 9.97 Å². The standard InChI is InChI=1S/C41H49N7O2/c1-7-8-39(50)48-36-19-32(36)20-38(48)41-43-23-35(45-41)31-14-12-29(26(3)18-31)10-9-28-11-13-30(17-25(28)2)34-22-42-40(44-34)37-21-33(24-46(37)5)47(6)27(4)15-16-49/h11-14,16-18,22-23,27,32-33,36-38H,7-8,15,19-21,24H2,1-6H3,(H,42,44)(H,43,45)/t27?,32?,33?,36?,37-,38-/m0/s1. The number of aldehydes is 1. The lowest BCUT2D eigenvalue weighted by atomic mass is 10.0. The normalized spacial score (nSPS) is 23.5. The number of nitrogens with one attached hydrogen (secondary N) is 2. The van der Waals surface area contributed by atoms with E-state index in [0.717, 1.165) is 94.9 Å². The number of aryl methyl sites for hydroxylation is 2. The van der Waals surface area contributed by atoms with Crippen LogP contribution in [0, 0.1) is 31.6 Å². The minimum absolute atomic E-state index is 0.0568. The maximum absolute atomic E-state index is 12.9. The van der Waals surface area contributed by atoms with Gasteiger partial charge in [0.15, 0.2) is 0 Å². The highest BCUT2D eigenvalue weighted by Gasteiger charge is 2.54. The summed E-state index contributed by atoms with van der Waals surface area (Å²) >= 11 is 0. The molecule has 0 radical (unpaired) electrons. The van der Waals surface area contributed by atoms with Gasteiger partial charge in [-0.05, 0) is 113 Å². The maximum atomic E-state index is 12.9. The molecule has 2 aliphatic heterocycles. The Kier molecular flexibility index (Phi) is 9.51. The van der Waals surface area contributed by atoms with Crippen molar-refractivity contribution in [3.05, 3.63) is 82.7 Å². The second kappa shape index (κ2) is 14.0. The summed E-state index contributed by atoms with van der Waals surface area (Å²) in [5.74, 6) is 9.57. The number of carbonyl (C=O) groups is 2. The van der Waals surface area contributed by atoms with Crippen LogP contribution < -0.4 is 0 Å². The summed E-state index contributed by atoms with van der Waals surface area (Å²) in [6.07, 6.45) is 9.98. The van der Waals surface area contributed by atoms with E-state index >= 15 is 0 Å². The first-order valence-electron chi connectivity index (χ1n) is 18.2. The third-order valence-corrected chi connectivity index (χ3v) is 11.3. The first-order chi connectivity index (χ1) is 24.1. The van der Waals surface area contributed by atoms with Crippen LogP contribution in [0.5, 0.6) is 0 Å². The number of hydrogen-bond donors (Lipinski definition) is 2. The van der Waals surface area contributed by atoms with Gasteiger partial charge in [0, 0.05) is 48.6 Å². The summed E-state index contributed by atoms with van der Waals surface area (Å²) in [5, 5.41) is 0. The lowest BCUT2D eigenvalue weighted by Gasteiger charge is -2.29. The molecule has 4 aromatic rings. The molecule has 9 heteroatoms. The van der Waals surface area contributed by atoms with Gasteiger partial charge in [-0.1, -0.05) is 30.9 Å². The Labute approximate surface area is 295 Å². The predicted octanol–water partition coefficient (Wildman–Crippen LogP) is 6.60. The van der Waals surface area contributed by atoms with Crippen LogP contribution in [-0.4, -0.2) is 85.6 Å². The number of amides is 1. The number of piperidine rings is 1. The summed E-state index contributed by atoms with van der Waals surface area (Å²) in [4.78, 5) is 47.3. The molecule has 3 aliphatic rings. The van der Waals surface area contributed by atoms with Gasteiger partial charge in [-0.25, -0.2) is 9.97 Å². The molecule has 6 atom stereocenters. The number of benzene rings is 2. The summed E-state index contributed by atoms with van der Waals surface area (Å²) in [6, 6.07) is 14.0. The van der Waals surface area contributed by atoms with Crippen molar-refractivity contribution in [1.82, 2.24) is 34.6 Å². The molecule has 1 saturated carbocycles. The van der Waals surface area contributed by atoms with E-state index in [0.29, 0.717) is 30.8 Å². The molecular weight excluding hydrogens is 622 g/mol. The van der Waals surface area contributed by atoms with Crippen molar-refractivity contribution in [2.45, 2.75) is 96.4 Å². The average molecular weight is 672 g/mol. The van der Waals surface area contributed by atoms with E-state index in [9.17, 15) is 9.59 Å². The molecular formula is C41H49N7O2. The number of hydrogen-bond acceptors (Lipinski definition) is 6. The van der Waals surface area contributed by atoms with Gasteiger partial charge in [-0.15, -0.1) is 0 Å². The summed E-state index contributed by atoms with van der Waals surface area (Å²) in [5.41, 5.74) is 8.34. The molecule has 4 heterocycles. The van der Waals surface area contributed by atoms with Crippen LogP contribution in [0.1, 0.15) is 98.4 Å². The van der Waals surface area contributed by atoms with E-state index in [2.05, 4.69) is 115 Å². The van der Waals surface area contributed by atoms with Gasteiger partial charge < -0.3 is 19.7 Å². The number of H-pyrrole nitrogens is 2. The van der Waals surface area contributed by atoms with E-state index < -0.39 is 0 Å². The fraction of sp³-hybridized carbons (Fsp3) is 0.463. The topological polar surface area (TPSA) is 101 Å². The van der Waals surface area contributed by atoms with Crippen LogP contribution >= 0.6 is 0 Å². The van der Waals surface area contributed by atoms with Crippen LogP contribution in [0.15, 0.2) is 48.8 Å². The predicted molar refractivity (Wildman–Crippen MR) is 196 cm³/mol. The number of likely N-dealkylation sites (N-methyl/N-ethyl adjacent to an activating group) is 2. The van der Waals surface area contributed by atoms with Crippen LogP contribution in [-0.2, 0) is 9.59 Å². The molecule has 9 nitrogen and oxygen atoms in total. The molecule has 2 aromatic carbocycles. The second-order valence-electron chi connectivity index (χ2n) is 14.8. The Hall–Kier alpha value is -4.52. The van der Waals surface area contributed by atoms with Gasteiger partial charge in [0.2, 0.25) is 5.91 Å². The number of rotatable bonds is 10. The number of fused-ring (bicyclic) bond motifs is 1. The Morgan fingerprint density at radius 1 is 0.960 bits per heavy atom. The Morgan fingerprint density at radius 2 is 1.56 bits per heavy atom. The average Bonchev–Trinajstić information content (AvgIpc) is 3.58. The number of carbonyl (C=O) groups excluding carboxylic acids is 2. The number of likely N-dealkylation sites (tertiary alicyclic amines) is 2. The van der Waals surface area contributed by atoms with E-state index in [-0.39, 0.29) is 24.0 Å². The molecule has 260 valence electrons. The van der Waals surface area contributed by atoms with Crippen LogP contribution in [0.25, 0.3) is 22.5 Å². The number of aromatic amines is 2. The highest BCUT2D eigenvalue weighted by Crippen LogP contribution is 2.53. The summed E-state index contributed by atoms with van der Waals surface area (Å²) in [6.45, 7) is 9.33. The molecule has 3 fully saturated rings. The second-order valence-corrected chi connectivity index (χ2v) is 14.8. The monoisotopic (exact) mass is 671 g/mol. The van der Waals surface area contributed by atoms with E-state index in [1.807, 2.05) is 12.4 Å². The molecule has 1 aliphatic carbocycles. The zero-order valence-corrected chi connectivity index (χ0v) is 30.2. The molecule has 50 heavy (non-hydrogen) atoms. The van der Waals surface area contributed by atoms with Crippen molar-refractivity contribution in [2.24, 2.45) is 5.92 Å². The Bertz CT molecular complexity index is 1950. The summed E-state index contributed by atoms with van der Waals surface area (Å²) < 4.78 is 0. The van der Waals surface area contributed by atoms with Gasteiger partial charge in [-0.2, -0.15) is 0 Å². The van der Waals surface area contributed by atoms with E-state index in [1.165, 1.54) is 0 Å². The lowest BCUT2D eigenvalue weighted by Crippen LogP contribution is -2.40. The minimum atomic E-state index is 0.0568. The molecule has 7 rings (SSSR count). The molecule has 2 saturated heterocycles.